The Bertz CT molecular complexity index is 491. The van der Waals surface area contributed by atoms with Crippen molar-refractivity contribution in [2.24, 2.45) is 0 Å². The fourth-order valence-electron chi connectivity index (χ4n) is 1.78. The van der Waals surface area contributed by atoms with Crippen LogP contribution in [-0.4, -0.2) is 40.4 Å². The molecule has 2 rings (SSSR count). The molecule has 1 aliphatic heterocycles. The van der Waals surface area contributed by atoms with E-state index in [4.69, 9.17) is 5.73 Å². The van der Waals surface area contributed by atoms with E-state index in [0.717, 1.165) is 6.33 Å². The monoisotopic (exact) mass is 252 g/mol. The lowest BCUT2D eigenvalue weighted by molar-refractivity contribution is -0.383. The predicted molar refractivity (Wildman–Crippen MR) is 62.9 cm³/mol. The van der Waals surface area contributed by atoms with Crippen molar-refractivity contribution < 1.29 is 9.72 Å². The Hall–Kier alpha value is -2.45. The lowest BCUT2D eigenvalue weighted by atomic mass is 10.3. The number of anilines is 2. The second kappa shape index (κ2) is 4.82. The molecule has 96 valence electrons. The molecule has 18 heavy (non-hydrogen) atoms. The topological polar surface area (TPSA) is 127 Å². The van der Waals surface area contributed by atoms with E-state index in [-0.39, 0.29) is 29.8 Å². The molecule has 1 saturated heterocycles. The van der Waals surface area contributed by atoms with Crippen molar-refractivity contribution in [1.29, 1.82) is 0 Å². The highest BCUT2D eigenvalue weighted by Crippen LogP contribution is 2.29. The van der Waals surface area contributed by atoms with Crippen LogP contribution in [-0.2, 0) is 4.79 Å². The molecule has 0 atom stereocenters. The van der Waals surface area contributed by atoms with Gasteiger partial charge in [-0.3, -0.25) is 14.9 Å². The Morgan fingerprint density at radius 1 is 1.50 bits per heavy atom. The minimum absolute atomic E-state index is 0.0251. The zero-order chi connectivity index (χ0) is 13.1. The molecule has 9 nitrogen and oxygen atoms in total. The molecule has 1 fully saturated rings. The molecule has 0 unspecified atom stereocenters. The Morgan fingerprint density at radius 3 is 3.00 bits per heavy atom. The van der Waals surface area contributed by atoms with Crippen molar-refractivity contribution in [1.82, 2.24) is 15.3 Å². The number of carbonyl (C=O) groups excluding carboxylic acids is 1. The minimum Gasteiger partial charge on any atom is -0.378 e. The van der Waals surface area contributed by atoms with Gasteiger partial charge in [0.15, 0.2) is 0 Å². The third-order valence-electron chi connectivity index (χ3n) is 2.57. The number of hydrogen-bond donors (Lipinski definition) is 2. The second-order valence-corrected chi connectivity index (χ2v) is 3.81. The standard InChI is InChI=1S/C9H12N6O3/c10-8-7(15(17)18)9(13-5-12-8)14-3-1-2-11-6(16)4-14/h5H,1-4H2,(H,11,16)(H2,10,12,13). The largest absolute Gasteiger partial charge is 0.378 e. The fraction of sp³-hybridized carbons (Fsp3) is 0.444. The molecule has 0 saturated carbocycles. The molecular weight excluding hydrogens is 240 g/mol. The van der Waals surface area contributed by atoms with Gasteiger partial charge in [0.25, 0.3) is 0 Å². The summed E-state index contributed by atoms with van der Waals surface area (Å²) in [7, 11) is 0. The summed E-state index contributed by atoms with van der Waals surface area (Å²) in [6.07, 6.45) is 1.84. The van der Waals surface area contributed by atoms with E-state index in [9.17, 15) is 14.9 Å². The van der Waals surface area contributed by atoms with Crippen molar-refractivity contribution in [2.75, 3.05) is 30.3 Å². The van der Waals surface area contributed by atoms with Crippen molar-refractivity contribution in [3.8, 4) is 0 Å². The highest BCUT2D eigenvalue weighted by atomic mass is 16.6. The molecule has 0 spiro atoms. The van der Waals surface area contributed by atoms with E-state index in [1.54, 1.807) is 4.90 Å². The highest BCUT2D eigenvalue weighted by molar-refractivity contribution is 5.83. The Balaban J connectivity index is 2.40. The third-order valence-corrected chi connectivity index (χ3v) is 2.57. The maximum absolute atomic E-state index is 11.4. The molecule has 1 aromatic rings. The van der Waals surface area contributed by atoms with Crippen LogP contribution in [0.5, 0.6) is 0 Å². The molecule has 0 radical (unpaired) electrons. The molecule has 0 aliphatic carbocycles. The Labute approximate surface area is 102 Å². The second-order valence-electron chi connectivity index (χ2n) is 3.81. The van der Waals surface area contributed by atoms with Crippen molar-refractivity contribution in [3.05, 3.63) is 16.4 Å². The number of nitrogens with zero attached hydrogens (tertiary/aromatic N) is 4. The van der Waals surface area contributed by atoms with Gasteiger partial charge in [-0.2, -0.15) is 0 Å². The van der Waals surface area contributed by atoms with Crippen LogP contribution < -0.4 is 16.0 Å². The summed E-state index contributed by atoms with van der Waals surface area (Å²) in [5.41, 5.74) is 5.13. The Kier molecular flexibility index (Phi) is 3.22. The minimum atomic E-state index is -0.631. The Morgan fingerprint density at radius 2 is 2.28 bits per heavy atom. The van der Waals surface area contributed by atoms with Crippen LogP contribution in [0.1, 0.15) is 6.42 Å². The fourth-order valence-corrected chi connectivity index (χ4v) is 1.78. The zero-order valence-electron chi connectivity index (χ0n) is 9.50. The number of nitrogens with two attached hydrogens (primary N) is 1. The maximum Gasteiger partial charge on any atom is 0.353 e. The van der Waals surface area contributed by atoms with E-state index in [2.05, 4.69) is 15.3 Å². The summed E-state index contributed by atoms with van der Waals surface area (Å²) in [6.45, 7) is 1.07. The van der Waals surface area contributed by atoms with Crippen LogP contribution in [0.3, 0.4) is 0 Å². The van der Waals surface area contributed by atoms with Gasteiger partial charge in [-0.05, 0) is 6.42 Å². The van der Waals surface area contributed by atoms with Gasteiger partial charge >= 0.3 is 5.69 Å². The first kappa shape index (κ1) is 12.0. The lowest BCUT2D eigenvalue weighted by Gasteiger charge is -2.19. The number of hydrogen-bond acceptors (Lipinski definition) is 7. The van der Waals surface area contributed by atoms with E-state index in [1.807, 2.05) is 0 Å². The van der Waals surface area contributed by atoms with Gasteiger partial charge in [0, 0.05) is 13.1 Å². The number of amides is 1. The van der Waals surface area contributed by atoms with Gasteiger partial charge in [-0.15, -0.1) is 0 Å². The highest BCUT2D eigenvalue weighted by Gasteiger charge is 2.27. The number of nitro groups is 1. The summed E-state index contributed by atoms with van der Waals surface area (Å²) < 4.78 is 0. The molecule has 0 aromatic carbocycles. The molecule has 1 amide bonds. The molecule has 3 N–H and O–H groups in total. The van der Waals surface area contributed by atoms with Gasteiger partial charge in [0.1, 0.15) is 6.33 Å². The van der Waals surface area contributed by atoms with E-state index in [1.165, 1.54) is 0 Å². The molecule has 1 aromatic heterocycles. The number of nitrogen functional groups attached to an aromatic ring is 1. The van der Waals surface area contributed by atoms with Crippen LogP contribution in [0.4, 0.5) is 17.3 Å². The summed E-state index contributed by atoms with van der Waals surface area (Å²) >= 11 is 0. The summed E-state index contributed by atoms with van der Waals surface area (Å²) in [5, 5.41) is 13.7. The average molecular weight is 252 g/mol. The first-order chi connectivity index (χ1) is 8.59. The van der Waals surface area contributed by atoms with E-state index in [0.29, 0.717) is 19.5 Å². The predicted octanol–water partition coefficient (Wildman–Crippen LogP) is -0.707. The normalized spacial score (nSPS) is 16.0. The first-order valence-corrected chi connectivity index (χ1v) is 5.36. The van der Waals surface area contributed by atoms with Crippen molar-refractivity contribution >= 4 is 23.2 Å². The SMILES string of the molecule is Nc1ncnc(N2CCCNC(=O)C2)c1[N+](=O)[O-]. The summed E-state index contributed by atoms with van der Waals surface area (Å²) in [4.78, 5) is 30.8. The smallest absolute Gasteiger partial charge is 0.353 e. The van der Waals surface area contributed by atoms with Crippen LogP contribution in [0, 0.1) is 10.1 Å². The molecular formula is C9H12N6O3. The zero-order valence-corrected chi connectivity index (χ0v) is 9.50. The molecule has 0 bridgehead atoms. The number of nitrogens with one attached hydrogen (secondary N) is 1. The van der Waals surface area contributed by atoms with Crippen LogP contribution in [0.25, 0.3) is 0 Å². The maximum atomic E-state index is 11.4. The summed E-state index contributed by atoms with van der Waals surface area (Å²) in [5.74, 6) is -0.307. The number of carbonyl (C=O) groups is 1. The van der Waals surface area contributed by atoms with Crippen molar-refractivity contribution in [3.63, 3.8) is 0 Å². The van der Waals surface area contributed by atoms with Gasteiger partial charge in [0.2, 0.25) is 17.5 Å². The number of aromatic nitrogens is 2. The molecule has 1 aliphatic rings. The quantitative estimate of drug-likeness (QED) is 0.525. The summed E-state index contributed by atoms with van der Waals surface area (Å²) in [6, 6.07) is 0. The van der Waals surface area contributed by atoms with Gasteiger partial charge in [-0.25, -0.2) is 9.97 Å². The van der Waals surface area contributed by atoms with Crippen LogP contribution >= 0.6 is 0 Å². The lowest BCUT2D eigenvalue weighted by Crippen LogP contribution is -2.34. The van der Waals surface area contributed by atoms with Crippen LogP contribution in [0.2, 0.25) is 0 Å². The number of rotatable bonds is 2. The third kappa shape index (κ3) is 2.29. The van der Waals surface area contributed by atoms with Gasteiger partial charge in [-0.1, -0.05) is 0 Å². The van der Waals surface area contributed by atoms with Gasteiger partial charge in [0.05, 0.1) is 11.5 Å². The first-order valence-electron chi connectivity index (χ1n) is 5.36. The van der Waals surface area contributed by atoms with Crippen molar-refractivity contribution in [2.45, 2.75) is 6.42 Å². The molecule has 9 heteroatoms. The van der Waals surface area contributed by atoms with E-state index < -0.39 is 4.92 Å². The van der Waals surface area contributed by atoms with Crippen LogP contribution in [0.15, 0.2) is 6.33 Å². The van der Waals surface area contributed by atoms with E-state index >= 15 is 0 Å². The average Bonchev–Trinajstić information content (AvgIpc) is 2.53. The van der Waals surface area contributed by atoms with Gasteiger partial charge < -0.3 is 16.0 Å². The molecule has 2 heterocycles.